The second kappa shape index (κ2) is 9.73. The van der Waals surface area contributed by atoms with Crippen LogP contribution in [-0.4, -0.2) is 24.5 Å². The minimum Gasteiger partial charge on any atom is -0.493 e. The molecule has 6 nitrogen and oxygen atoms in total. The van der Waals surface area contributed by atoms with Gasteiger partial charge in [-0.1, -0.05) is 49.7 Å². The first-order chi connectivity index (χ1) is 17.8. The number of methoxy groups -OCH3 is 1. The van der Waals surface area contributed by atoms with Crippen LogP contribution in [0.15, 0.2) is 69.9 Å². The number of carbonyl (C=O) groups excluding carboxylic acids is 1. The Hall–Kier alpha value is -4.13. The van der Waals surface area contributed by atoms with Gasteiger partial charge in [0.2, 0.25) is 5.76 Å². The lowest BCUT2D eigenvalue weighted by molar-refractivity contribution is 0.0714. The van der Waals surface area contributed by atoms with Crippen LogP contribution in [0.5, 0.6) is 11.5 Å². The second-order valence-corrected chi connectivity index (χ2v) is 9.75. The van der Waals surface area contributed by atoms with Gasteiger partial charge in [0, 0.05) is 6.54 Å². The molecule has 37 heavy (non-hydrogen) atoms. The summed E-state index contributed by atoms with van der Waals surface area (Å²) in [4.78, 5) is 29.0. The zero-order valence-electron chi connectivity index (χ0n) is 21.2. The zero-order chi connectivity index (χ0) is 26.3. The zero-order valence-corrected chi connectivity index (χ0v) is 21.2. The predicted molar refractivity (Wildman–Crippen MR) is 139 cm³/mol. The van der Waals surface area contributed by atoms with Gasteiger partial charge in [-0.3, -0.25) is 9.59 Å². The Labute approximate surface area is 214 Å². The van der Waals surface area contributed by atoms with Gasteiger partial charge >= 0.3 is 0 Å². The SMILES string of the molecule is COc1cc(C2c3c(oc4ccc(F)cc4c3=O)C(=O)N2Cc2ccc(C)cc2)ccc1OCC(C)C. The third-order valence-corrected chi connectivity index (χ3v) is 6.48. The van der Waals surface area contributed by atoms with Crippen molar-refractivity contribution in [2.24, 2.45) is 5.92 Å². The lowest BCUT2D eigenvalue weighted by Crippen LogP contribution is -2.29. The van der Waals surface area contributed by atoms with E-state index < -0.39 is 23.2 Å². The molecule has 1 aromatic heterocycles. The minimum absolute atomic E-state index is 0.0275. The number of benzene rings is 3. The number of ether oxygens (including phenoxy) is 2. The normalized spacial score (nSPS) is 14.9. The lowest BCUT2D eigenvalue weighted by atomic mass is 9.97. The Morgan fingerprint density at radius 2 is 1.76 bits per heavy atom. The van der Waals surface area contributed by atoms with E-state index in [9.17, 15) is 14.0 Å². The van der Waals surface area contributed by atoms with Crippen molar-refractivity contribution in [1.82, 2.24) is 4.90 Å². The number of rotatable bonds is 7. The third kappa shape index (κ3) is 4.57. The number of nitrogens with zero attached hydrogens (tertiary/aromatic N) is 1. The molecule has 0 spiro atoms. The van der Waals surface area contributed by atoms with E-state index in [0.29, 0.717) is 29.6 Å². The number of hydrogen-bond acceptors (Lipinski definition) is 5. The molecular formula is C30H28FNO5. The van der Waals surface area contributed by atoms with E-state index in [0.717, 1.165) is 17.2 Å². The van der Waals surface area contributed by atoms with Gasteiger partial charge in [-0.05, 0) is 54.3 Å². The largest absolute Gasteiger partial charge is 0.493 e. The van der Waals surface area contributed by atoms with Crippen molar-refractivity contribution in [2.45, 2.75) is 33.4 Å². The highest BCUT2D eigenvalue weighted by Gasteiger charge is 2.43. The van der Waals surface area contributed by atoms with Gasteiger partial charge in [-0.2, -0.15) is 0 Å². The van der Waals surface area contributed by atoms with Crippen molar-refractivity contribution >= 4 is 16.9 Å². The van der Waals surface area contributed by atoms with Gasteiger partial charge in [0.25, 0.3) is 5.91 Å². The fourth-order valence-corrected chi connectivity index (χ4v) is 4.62. The molecule has 7 heteroatoms. The molecule has 3 aromatic carbocycles. The average molecular weight is 502 g/mol. The third-order valence-electron chi connectivity index (χ3n) is 6.48. The molecule has 1 atom stereocenters. The topological polar surface area (TPSA) is 69.0 Å². The summed E-state index contributed by atoms with van der Waals surface area (Å²) < 4.78 is 31.5. The van der Waals surface area contributed by atoms with Crippen LogP contribution in [0.3, 0.4) is 0 Å². The molecule has 0 bridgehead atoms. The number of carbonyl (C=O) groups is 1. The Morgan fingerprint density at radius 1 is 1.00 bits per heavy atom. The Balaban J connectivity index is 1.67. The van der Waals surface area contributed by atoms with Crippen LogP contribution in [0.2, 0.25) is 0 Å². The number of hydrogen-bond donors (Lipinski definition) is 0. The molecule has 4 aromatic rings. The van der Waals surface area contributed by atoms with E-state index in [4.69, 9.17) is 13.9 Å². The highest BCUT2D eigenvalue weighted by Crippen LogP contribution is 2.41. The molecular weight excluding hydrogens is 473 g/mol. The molecule has 0 N–H and O–H groups in total. The van der Waals surface area contributed by atoms with Gasteiger partial charge in [-0.25, -0.2) is 4.39 Å². The van der Waals surface area contributed by atoms with E-state index in [1.807, 2.05) is 37.3 Å². The van der Waals surface area contributed by atoms with E-state index in [1.54, 1.807) is 24.1 Å². The van der Waals surface area contributed by atoms with Crippen LogP contribution in [0.4, 0.5) is 4.39 Å². The predicted octanol–water partition coefficient (Wildman–Crippen LogP) is 6.03. The Bertz CT molecular complexity index is 1540. The fourth-order valence-electron chi connectivity index (χ4n) is 4.62. The molecule has 1 unspecified atom stereocenters. The van der Waals surface area contributed by atoms with Crippen LogP contribution in [0, 0.1) is 18.7 Å². The summed E-state index contributed by atoms with van der Waals surface area (Å²) >= 11 is 0. The van der Waals surface area contributed by atoms with Crippen molar-refractivity contribution < 1.29 is 23.1 Å². The molecule has 0 saturated heterocycles. The molecule has 0 aliphatic carbocycles. The maximum absolute atomic E-state index is 14.0. The van der Waals surface area contributed by atoms with Crippen LogP contribution in [-0.2, 0) is 6.54 Å². The summed E-state index contributed by atoms with van der Waals surface area (Å²) in [5.74, 6) is 0.411. The summed E-state index contributed by atoms with van der Waals surface area (Å²) in [6, 6.07) is 16.2. The van der Waals surface area contributed by atoms with Crippen molar-refractivity contribution in [3.05, 3.63) is 105 Å². The minimum atomic E-state index is -0.749. The average Bonchev–Trinajstić information content (AvgIpc) is 3.16. The van der Waals surface area contributed by atoms with Crippen molar-refractivity contribution in [3.63, 3.8) is 0 Å². The maximum Gasteiger partial charge on any atom is 0.291 e. The van der Waals surface area contributed by atoms with Crippen molar-refractivity contribution in [2.75, 3.05) is 13.7 Å². The number of halogens is 1. The standard InChI is InChI=1S/C30H28FNO5/c1-17(2)16-36-24-11-9-20(13-25(24)35-4)27-26-28(33)22-14-21(31)10-12-23(22)37-29(26)30(34)32(27)15-19-7-5-18(3)6-8-19/h5-14,17,27H,15-16H2,1-4H3. The summed E-state index contributed by atoms with van der Waals surface area (Å²) in [5, 5.41) is 0.0950. The monoisotopic (exact) mass is 501 g/mol. The smallest absolute Gasteiger partial charge is 0.291 e. The first-order valence-electron chi connectivity index (χ1n) is 12.2. The highest BCUT2D eigenvalue weighted by molar-refractivity contribution is 5.99. The van der Waals surface area contributed by atoms with E-state index in [-0.39, 0.29) is 28.8 Å². The van der Waals surface area contributed by atoms with Gasteiger partial charge in [0.15, 0.2) is 16.9 Å². The van der Waals surface area contributed by atoms with Crippen molar-refractivity contribution in [1.29, 1.82) is 0 Å². The first-order valence-corrected chi connectivity index (χ1v) is 12.2. The molecule has 1 amide bonds. The van der Waals surface area contributed by atoms with E-state index in [1.165, 1.54) is 12.1 Å². The molecule has 0 fully saturated rings. The quantitative estimate of drug-likeness (QED) is 0.309. The van der Waals surface area contributed by atoms with E-state index in [2.05, 4.69) is 13.8 Å². The van der Waals surface area contributed by atoms with E-state index >= 15 is 0 Å². The van der Waals surface area contributed by atoms with Crippen molar-refractivity contribution in [3.8, 4) is 11.5 Å². The van der Waals surface area contributed by atoms with Gasteiger partial charge in [0.1, 0.15) is 11.4 Å². The molecule has 1 aliphatic heterocycles. The van der Waals surface area contributed by atoms with Gasteiger partial charge < -0.3 is 18.8 Å². The fraction of sp³-hybridized carbons (Fsp3) is 0.267. The van der Waals surface area contributed by atoms with Crippen LogP contribution >= 0.6 is 0 Å². The Morgan fingerprint density at radius 3 is 2.46 bits per heavy atom. The number of aryl methyl sites for hydroxylation is 1. The molecule has 0 radical (unpaired) electrons. The van der Waals surface area contributed by atoms with Crippen LogP contribution in [0.1, 0.15) is 52.7 Å². The number of amides is 1. The molecule has 0 saturated carbocycles. The summed E-state index contributed by atoms with van der Waals surface area (Å²) in [6.07, 6.45) is 0. The van der Waals surface area contributed by atoms with Gasteiger partial charge in [-0.15, -0.1) is 0 Å². The molecule has 5 rings (SSSR count). The second-order valence-electron chi connectivity index (χ2n) is 9.75. The lowest BCUT2D eigenvalue weighted by Gasteiger charge is -2.26. The molecule has 190 valence electrons. The first kappa shape index (κ1) is 24.6. The maximum atomic E-state index is 14.0. The summed E-state index contributed by atoms with van der Waals surface area (Å²) in [5.41, 5.74) is 2.60. The summed E-state index contributed by atoms with van der Waals surface area (Å²) in [7, 11) is 1.55. The summed E-state index contributed by atoms with van der Waals surface area (Å²) in [6.45, 7) is 6.87. The molecule has 1 aliphatic rings. The highest BCUT2D eigenvalue weighted by atomic mass is 19.1. The van der Waals surface area contributed by atoms with Crippen LogP contribution in [0.25, 0.3) is 11.0 Å². The number of fused-ring (bicyclic) bond motifs is 2. The van der Waals surface area contributed by atoms with Gasteiger partial charge in [0.05, 0.1) is 30.7 Å². The van der Waals surface area contributed by atoms with Crippen LogP contribution < -0.4 is 14.9 Å². The Kier molecular flexibility index (Phi) is 6.46. The molecule has 2 heterocycles.